The average molecular weight is 305 g/mol. The van der Waals surface area contributed by atoms with Crippen LogP contribution in [-0.4, -0.2) is 34.3 Å². The second-order valence-electron chi connectivity index (χ2n) is 6.03. The number of benzene rings is 1. The van der Waals surface area contributed by atoms with Crippen molar-refractivity contribution in [2.45, 2.75) is 18.4 Å². The molecule has 1 saturated heterocycles. The van der Waals surface area contributed by atoms with Crippen molar-refractivity contribution in [3.63, 3.8) is 0 Å². The van der Waals surface area contributed by atoms with E-state index in [1.807, 2.05) is 42.6 Å². The largest absolute Gasteiger partial charge is 0.391 e. The highest BCUT2D eigenvalue weighted by Gasteiger charge is 2.25. The molecule has 2 aromatic heterocycles. The van der Waals surface area contributed by atoms with Crippen molar-refractivity contribution >= 4 is 10.9 Å². The van der Waals surface area contributed by atoms with E-state index in [0.717, 1.165) is 40.8 Å². The first-order valence-corrected chi connectivity index (χ1v) is 8.02. The van der Waals surface area contributed by atoms with Gasteiger partial charge in [0.15, 0.2) is 0 Å². The van der Waals surface area contributed by atoms with E-state index < -0.39 is 0 Å². The smallest absolute Gasteiger partial charge is 0.0748 e. The second-order valence-corrected chi connectivity index (χ2v) is 6.03. The van der Waals surface area contributed by atoms with Crippen LogP contribution in [0.4, 0.5) is 0 Å². The van der Waals surface area contributed by atoms with Gasteiger partial charge in [-0.15, -0.1) is 0 Å². The van der Waals surface area contributed by atoms with Crippen LogP contribution in [0.5, 0.6) is 0 Å². The lowest BCUT2D eigenvalue weighted by atomic mass is 9.91. The molecule has 0 bridgehead atoms. The van der Waals surface area contributed by atoms with Crippen LogP contribution in [0.2, 0.25) is 0 Å². The fraction of sp³-hybridized carbons (Fsp3) is 0.263. The number of aliphatic hydroxyl groups is 1. The molecule has 1 fully saturated rings. The van der Waals surface area contributed by atoms with E-state index in [9.17, 15) is 5.11 Å². The van der Waals surface area contributed by atoms with Gasteiger partial charge in [-0.05, 0) is 37.2 Å². The van der Waals surface area contributed by atoms with Gasteiger partial charge in [-0.25, -0.2) is 4.98 Å². The summed E-state index contributed by atoms with van der Waals surface area (Å²) in [6.07, 6.45) is 2.42. The number of rotatable bonds is 2. The summed E-state index contributed by atoms with van der Waals surface area (Å²) in [6, 6.07) is 16.3. The van der Waals surface area contributed by atoms with Gasteiger partial charge in [-0.2, -0.15) is 0 Å². The molecule has 1 aliphatic rings. The maximum atomic E-state index is 10.1. The van der Waals surface area contributed by atoms with E-state index in [2.05, 4.69) is 22.4 Å². The van der Waals surface area contributed by atoms with Crippen molar-refractivity contribution in [1.82, 2.24) is 15.3 Å². The van der Waals surface area contributed by atoms with Gasteiger partial charge >= 0.3 is 0 Å². The Balaban J connectivity index is 1.64. The van der Waals surface area contributed by atoms with E-state index in [1.54, 1.807) is 0 Å². The number of nitrogens with zero attached hydrogens (tertiary/aromatic N) is 2. The number of nitrogens with one attached hydrogen (secondary N) is 1. The number of piperidine rings is 1. The van der Waals surface area contributed by atoms with Crippen molar-refractivity contribution < 1.29 is 5.11 Å². The minimum Gasteiger partial charge on any atom is -0.391 e. The molecule has 23 heavy (non-hydrogen) atoms. The Morgan fingerprint density at radius 2 is 1.96 bits per heavy atom. The predicted octanol–water partition coefficient (Wildman–Crippen LogP) is 2.73. The molecular weight excluding hydrogens is 286 g/mol. The minimum atomic E-state index is -0.360. The molecule has 3 heterocycles. The number of aromatic nitrogens is 2. The summed E-state index contributed by atoms with van der Waals surface area (Å²) in [5, 5.41) is 14.5. The van der Waals surface area contributed by atoms with Crippen LogP contribution in [0, 0.1) is 0 Å². The normalized spacial score (nSPS) is 21.4. The first-order valence-electron chi connectivity index (χ1n) is 8.02. The van der Waals surface area contributed by atoms with Gasteiger partial charge in [-0.1, -0.05) is 24.3 Å². The molecule has 4 rings (SSSR count). The molecule has 2 unspecified atom stereocenters. The molecule has 116 valence electrons. The molecule has 0 saturated carbocycles. The molecule has 1 aromatic carbocycles. The molecule has 4 nitrogen and oxygen atoms in total. The number of aliphatic hydroxyl groups excluding tert-OH is 1. The highest BCUT2D eigenvalue weighted by Crippen LogP contribution is 2.26. The lowest BCUT2D eigenvalue weighted by Crippen LogP contribution is -2.39. The standard InChI is InChI=1S/C19H19N3O/c23-19-12-20-10-9-15(19)18-8-6-14(11-21-18)17-7-5-13-3-1-2-4-16(13)22-17/h1-8,11,15,19-20,23H,9-10,12H2. The molecule has 3 aromatic rings. The SMILES string of the molecule is OC1CNCCC1c1ccc(-c2ccc3ccccc3n2)cn1. The summed E-state index contributed by atoms with van der Waals surface area (Å²) < 4.78 is 0. The van der Waals surface area contributed by atoms with Gasteiger partial charge in [0.25, 0.3) is 0 Å². The third kappa shape index (κ3) is 2.83. The number of β-amino-alcohol motifs (C(OH)–C–C–N with tert-alkyl or cyclic N) is 1. The lowest BCUT2D eigenvalue weighted by Gasteiger charge is -2.27. The van der Waals surface area contributed by atoms with E-state index in [4.69, 9.17) is 4.98 Å². The molecule has 4 heteroatoms. The van der Waals surface area contributed by atoms with Gasteiger partial charge in [0.05, 0.1) is 17.3 Å². The van der Waals surface area contributed by atoms with Crippen molar-refractivity contribution in [1.29, 1.82) is 0 Å². The quantitative estimate of drug-likeness (QED) is 0.764. The van der Waals surface area contributed by atoms with E-state index in [0.29, 0.717) is 6.54 Å². The Hall–Kier alpha value is -2.30. The van der Waals surface area contributed by atoms with E-state index in [1.165, 1.54) is 0 Å². The first kappa shape index (κ1) is 14.3. The molecule has 0 radical (unpaired) electrons. The molecule has 0 spiro atoms. The highest BCUT2D eigenvalue weighted by atomic mass is 16.3. The lowest BCUT2D eigenvalue weighted by molar-refractivity contribution is 0.116. The molecule has 0 amide bonds. The minimum absolute atomic E-state index is 0.120. The average Bonchev–Trinajstić information content (AvgIpc) is 2.62. The molecular formula is C19H19N3O. The Morgan fingerprint density at radius 1 is 1.04 bits per heavy atom. The van der Waals surface area contributed by atoms with Crippen molar-refractivity contribution in [3.8, 4) is 11.3 Å². The Kier molecular flexibility index (Phi) is 3.77. The van der Waals surface area contributed by atoms with Crippen LogP contribution < -0.4 is 5.32 Å². The summed E-state index contributed by atoms with van der Waals surface area (Å²) in [5.41, 5.74) is 3.88. The fourth-order valence-electron chi connectivity index (χ4n) is 3.19. The summed E-state index contributed by atoms with van der Waals surface area (Å²) in [5.74, 6) is 0.120. The predicted molar refractivity (Wildman–Crippen MR) is 91.2 cm³/mol. The van der Waals surface area contributed by atoms with Gasteiger partial charge in [0, 0.05) is 35.3 Å². The molecule has 1 aliphatic heterocycles. The summed E-state index contributed by atoms with van der Waals surface area (Å²) in [7, 11) is 0. The van der Waals surface area contributed by atoms with E-state index >= 15 is 0 Å². The van der Waals surface area contributed by atoms with Gasteiger partial charge in [0.2, 0.25) is 0 Å². The zero-order valence-corrected chi connectivity index (χ0v) is 12.8. The number of para-hydroxylation sites is 1. The van der Waals surface area contributed by atoms with Crippen LogP contribution in [0.1, 0.15) is 18.0 Å². The van der Waals surface area contributed by atoms with Crippen molar-refractivity contribution in [2.24, 2.45) is 0 Å². The summed E-state index contributed by atoms with van der Waals surface area (Å²) >= 11 is 0. The summed E-state index contributed by atoms with van der Waals surface area (Å²) in [4.78, 5) is 9.28. The number of pyridine rings is 2. The Bertz CT molecular complexity index is 816. The summed E-state index contributed by atoms with van der Waals surface area (Å²) in [6.45, 7) is 1.57. The second kappa shape index (κ2) is 6.07. The zero-order chi connectivity index (χ0) is 15.6. The van der Waals surface area contributed by atoms with E-state index in [-0.39, 0.29) is 12.0 Å². The van der Waals surface area contributed by atoms with Gasteiger partial charge in [-0.3, -0.25) is 4.98 Å². The monoisotopic (exact) mass is 305 g/mol. The fourth-order valence-corrected chi connectivity index (χ4v) is 3.19. The number of fused-ring (bicyclic) bond motifs is 1. The highest BCUT2D eigenvalue weighted by molar-refractivity contribution is 5.81. The molecule has 2 atom stereocenters. The van der Waals surface area contributed by atoms with Gasteiger partial charge < -0.3 is 10.4 Å². The van der Waals surface area contributed by atoms with Crippen LogP contribution >= 0.6 is 0 Å². The number of hydrogen-bond donors (Lipinski definition) is 2. The molecule has 0 aliphatic carbocycles. The Morgan fingerprint density at radius 3 is 2.78 bits per heavy atom. The van der Waals surface area contributed by atoms with Crippen LogP contribution in [0.3, 0.4) is 0 Å². The van der Waals surface area contributed by atoms with Crippen LogP contribution in [0.25, 0.3) is 22.2 Å². The Labute approximate surface area is 135 Å². The van der Waals surface area contributed by atoms with Crippen molar-refractivity contribution in [2.75, 3.05) is 13.1 Å². The third-order valence-corrected chi connectivity index (χ3v) is 4.51. The van der Waals surface area contributed by atoms with Crippen LogP contribution in [0.15, 0.2) is 54.7 Å². The maximum absolute atomic E-state index is 10.1. The van der Waals surface area contributed by atoms with Crippen molar-refractivity contribution in [3.05, 3.63) is 60.4 Å². The number of hydrogen-bond acceptors (Lipinski definition) is 4. The van der Waals surface area contributed by atoms with Gasteiger partial charge in [0.1, 0.15) is 0 Å². The third-order valence-electron chi connectivity index (χ3n) is 4.51. The van der Waals surface area contributed by atoms with Crippen LogP contribution in [-0.2, 0) is 0 Å². The topological polar surface area (TPSA) is 58.0 Å². The molecule has 2 N–H and O–H groups in total. The maximum Gasteiger partial charge on any atom is 0.0748 e. The first-order chi connectivity index (χ1) is 11.3. The zero-order valence-electron chi connectivity index (χ0n) is 12.8.